The summed E-state index contributed by atoms with van der Waals surface area (Å²) in [7, 11) is 0. The number of hydrogen-bond acceptors (Lipinski definition) is 2. The van der Waals surface area contributed by atoms with Gasteiger partial charge in [-0.05, 0) is 12.1 Å². The molecule has 0 aromatic heterocycles. The second-order valence-electron chi connectivity index (χ2n) is 2.23. The van der Waals surface area contributed by atoms with E-state index in [2.05, 4.69) is 0 Å². The van der Waals surface area contributed by atoms with Crippen LogP contribution in [0.2, 0.25) is 10.0 Å². The summed E-state index contributed by atoms with van der Waals surface area (Å²) in [5.41, 5.74) is 0.454. The van der Waals surface area contributed by atoms with E-state index in [9.17, 15) is 5.11 Å². The highest BCUT2D eigenvalue weighted by Crippen LogP contribution is 2.31. The average Bonchev–Trinajstić information content (AvgIpc) is 2.00. The second kappa shape index (κ2) is 3.66. The Morgan fingerprint density at radius 1 is 1.42 bits per heavy atom. The molecule has 0 bridgehead atoms. The van der Waals surface area contributed by atoms with Crippen LogP contribution in [0.5, 0.6) is 5.75 Å². The SMILES string of the molecule is N#CCc1cc(Cl)cc(Cl)c1O. The molecule has 2 nitrogen and oxygen atoms in total. The molecule has 0 spiro atoms. The summed E-state index contributed by atoms with van der Waals surface area (Å²) in [5.74, 6) is -0.0670. The molecule has 0 saturated carbocycles. The Kier molecular flexibility index (Phi) is 2.80. The maximum absolute atomic E-state index is 9.31. The van der Waals surface area contributed by atoms with Gasteiger partial charge in [0.2, 0.25) is 0 Å². The highest BCUT2D eigenvalue weighted by molar-refractivity contribution is 6.35. The fourth-order valence-corrected chi connectivity index (χ4v) is 1.37. The summed E-state index contributed by atoms with van der Waals surface area (Å²) >= 11 is 11.3. The van der Waals surface area contributed by atoms with Crippen molar-refractivity contribution >= 4 is 23.2 Å². The average molecular weight is 202 g/mol. The van der Waals surface area contributed by atoms with E-state index < -0.39 is 0 Å². The lowest BCUT2D eigenvalue weighted by Crippen LogP contribution is -1.83. The lowest BCUT2D eigenvalue weighted by molar-refractivity contribution is 0.470. The van der Waals surface area contributed by atoms with Gasteiger partial charge < -0.3 is 5.11 Å². The molecule has 62 valence electrons. The minimum Gasteiger partial charge on any atom is -0.506 e. The number of phenols is 1. The zero-order chi connectivity index (χ0) is 9.14. The third-order valence-electron chi connectivity index (χ3n) is 1.38. The van der Waals surface area contributed by atoms with E-state index in [1.165, 1.54) is 12.1 Å². The van der Waals surface area contributed by atoms with Crippen molar-refractivity contribution in [1.29, 1.82) is 5.26 Å². The van der Waals surface area contributed by atoms with E-state index in [-0.39, 0.29) is 17.2 Å². The van der Waals surface area contributed by atoms with Gasteiger partial charge in [0.1, 0.15) is 5.75 Å². The molecular weight excluding hydrogens is 197 g/mol. The van der Waals surface area contributed by atoms with E-state index in [1.54, 1.807) is 0 Å². The molecule has 12 heavy (non-hydrogen) atoms. The zero-order valence-corrected chi connectivity index (χ0v) is 7.52. The van der Waals surface area contributed by atoms with Crippen molar-refractivity contribution in [2.75, 3.05) is 0 Å². The van der Waals surface area contributed by atoms with Gasteiger partial charge in [-0.2, -0.15) is 5.26 Å². The van der Waals surface area contributed by atoms with Gasteiger partial charge in [-0.25, -0.2) is 0 Å². The van der Waals surface area contributed by atoms with Crippen molar-refractivity contribution < 1.29 is 5.11 Å². The van der Waals surface area contributed by atoms with E-state index in [0.29, 0.717) is 10.6 Å². The molecule has 4 heteroatoms. The van der Waals surface area contributed by atoms with Crippen molar-refractivity contribution in [1.82, 2.24) is 0 Å². The van der Waals surface area contributed by atoms with Crippen LogP contribution < -0.4 is 0 Å². The molecule has 0 saturated heterocycles. The number of hydrogen-bond donors (Lipinski definition) is 1. The minimum atomic E-state index is -0.0670. The number of halogens is 2. The Bertz CT molecular complexity index is 344. The summed E-state index contributed by atoms with van der Waals surface area (Å²) in [6, 6.07) is 4.85. The summed E-state index contributed by atoms with van der Waals surface area (Å²) in [5, 5.41) is 18.3. The number of nitriles is 1. The van der Waals surface area contributed by atoms with Crippen LogP contribution in [-0.2, 0) is 6.42 Å². The molecule has 0 aliphatic carbocycles. The van der Waals surface area contributed by atoms with Crippen LogP contribution in [0, 0.1) is 11.3 Å². The van der Waals surface area contributed by atoms with Gasteiger partial charge in [0.15, 0.2) is 0 Å². The summed E-state index contributed by atoms with van der Waals surface area (Å²) in [4.78, 5) is 0. The Morgan fingerprint density at radius 2 is 2.08 bits per heavy atom. The largest absolute Gasteiger partial charge is 0.506 e. The molecule has 0 radical (unpaired) electrons. The van der Waals surface area contributed by atoms with Gasteiger partial charge in [-0.15, -0.1) is 0 Å². The van der Waals surface area contributed by atoms with E-state index in [4.69, 9.17) is 28.5 Å². The molecule has 0 aliphatic rings. The Hall–Kier alpha value is -0.910. The molecule has 1 aromatic carbocycles. The maximum Gasteiger partial charge on any atom is 0.138 e. The van der Waals surface area contributed by atoms with Crippen LogP contribution in [0.4, 0.5) is 0 Å². The third-order valence-corrected chi connectivity index (χ3v) is 1.88. The van der Waals surface area contributed by atoms with Crippen molar-refractivity contribution in [3.63, 3.8) is 0 Å². The second-order valence-corrected chi connectivity index (χ2v) is 3.07. The molecule has 1 rings (SSSR count). The van der Waals surface area contributed by atoms with Crippen LogP contribution in [-0.4, -0.2) is 5.11 Å². The molecule has 0 unspecified atom stereocenters. The predicted molar refractivity (Wildman–Crippen MR) is 47.4 cm³/mol. The highest BCUT2D eigenvalue weighted by atomic mass is 35.5. The van der Waals surface area contributed by atoms with Crippen LogP contribution in [0.25, 0.3) is 0 Å². The van der Waals surface area contributed by atoms with Gasteiger partial charge in [0, 0.05) is 10.6 Å². The van der Waals surface area contributed by atoms with E-state index >= 15 is 0 Å². The van der Waals surface area contributed by atoms with Crippen molar-refractivity contribution in [3.8, 4) is 11.8 Å². The number of nitrogens with zero attached hydrogens (tertiary/aromatic N) is 1. The first kappa shape index (κ1) is 9.18. The highest BCUT2D eigenvalue weighted by Gasteiger charge is 2.06. The molecule has 0 aliphatic heterocycles. The summed E-state index contributed by atoms with van der Waals surface area (Å²) in [6.07, 6.45) is 0.103. The Morgan fingerprint density at radius 3 is 2.67 bits per heavy atom. The summed E-state index contributed by atoms with van der Waals surface area (Å²) in [6.45, 7) is 0. The predicted octanol–water partition coefficient (Wildman–Crippen LogP) is 2.77. The van der Waals surface area contributed by atoms with Crippen LogP contribution in [0.3, 0.4) is 0 Å². The van der Waals surface area contributed by atoms with Gasteiger partial charge in [-0.1, -0.05) is 23.2 Å². The number of rotatable bonds is 1. The van der Waals surface area contributed by atoms with Gasteiger partial charge in [0.05, 0.1) is 17.5 Å². The molecular formula is C8H5Cl2NO. The molecule has 1 aromatic rings. The standard InChI is InChI=1S/C8H5Cl2NO/c9-6-3-5(1-2-11)8(12)7(10)4-6/h3-4,12H,1H2. The van der Waals surface area contributed by atoms with Crippen molar-refractivity contribution in [3.05, 3.63) is 27.7 Å². The summed E-state index contributed by atoms with van der Waals surface area (Å²) < 4.78 is 0. The minimum absolute atomic E-state index is 0.0670. The zero-order valence-electron chi connectivity index (χ0n) is 6.01. The molecule has 0 fully saturated rings. The van der Waals surface area contributed by atoms with Crippen LogP contribution in [0.15, 0.2) is 12.1 Å². The quantitative estimate of drug-likeness (QED) is 0.760. The van der Waals surface area contributed by atoms with E-state index in [1.807, 2.05) is 6.07 Å². The first-order valence-corrected chi connectivity index (χ1v) is 3.94. The fourth-order valence-electron chi connectivity index (χ4n) is 0.839. The molecule has 0 amide bonds. The fraction of sp³-hybridized carbons (Fsp3) is 0.125. The van der Waals surface area contributed by atoms with Crippen molar-refractivity contribution in [2.24, 2.45) is 0 Å². The van der Waals surface area contributed by atoms with Crippen LogP contribution >= 0.6 is 23.2 Å². The topological polar surface area (TPSA) is 44.0 Å². The number of aromatic hydroxyl groups is 1. The van der Waals surface area contributed by atoms with E-state index in [0.717, 1.165) is 0 Å². The third kappa shape index (κ3) is 1.82. The normalized spacial score (nSPS) is 9.42. The van der Waals surface area contributed by atoms with Crippen molar-refractivity contribution in [2.45, 2.75) is 6.42 Å². The number of benzene rings is 1. The first-order valence-electron chi connectivity index (χ1n) is 3.19. The molecule has 1 N–H and O–H groups in total. The van der Waals surface area contributed by atoms with Gasteiger partial charge in [0.25, 0.3) is 0 Å². The first-order chi connectivity index (χ1) is 5.65. The Balaban J connectivity index is 3.20. The smallest absolute Gasteiger partial charge is 0.138 e. The molecule has 0 atom stereocenters. The van der Waals surface area contributed by atoms with Gasteiger partial charge in [-0.3, -0.25) is 0 Å². The lowest BCUT2D eigenvalue weighted by atomic mass is 10.1. The van der Waals surface area contributed by atoms with Gasteiger partial charge >= 0.3 is 0 Å². The number of phenolic OH excluding ortho intramolecular Hbond substituents is 1. The lowest BCUT2D eigenvalue weighted by Gasteiger charge is -2.02. The maximum atomic E-state index is 9.31. The Labute approximate surface area is 80.0 Å². The van der Waals surface area contributed by atoms with Crippen LogP contribution in [0.1, 0.15) is 5.56 Å². The monoisotopic (exact) mass is 201 g/mol. The molecule has 0 heterocycles.